The van der Waals surface area contributed by atoms with E-state index in [0.29, 0.717) is 0 Å². The van der Waals surface area contributed by atoms with Crippen LogP contribution in [0.15, 0.2) is 10.3 Å². The Labute approximate surface area is 69.1 Å². The molecule has 0 aromatic carbocycles. The van der Waals surface area contributed by atoms with E-state index in [-0.39, 0.29) is 17.8 Å². The van der Waals surface area contributed by atoms with Crippen molar-refractivity contribution in [3.05, 3.63) is 0 Å². The van der Waals surface area contributed by atoms with Crippen LogP contribution in [0.3, 0.4) is 0 Å². The van der Waals surface area contributed by atoms with E-state index in [1.807, 2.05) is 0 Å². The Morgan fingerprint density at radius 1 is 1.42 bits per heavy atom. The minimum Gasteiger partial charge on any atom is -0.464 e. The van der Waals surface area contributed by atoms with E-state index in [0.717, 1.165) is 7.11 Å². The summed E-state index contributed by atoms with van der Waals surface area (Å²) < 4.78 is 4.27. The molecular formula is C6H10N2O4. The average Bonchev–Trinajstić information content (AvgIpc) is 2.12. The lowest BCUT2D eigenvalue weighted by atomic mass is 10.2. The van der Waals surface area contributed by atoms with E-state index in [4.69, 9.17) is 10.4 Å². The number of nitrogens with zero attached hydrogens (tertiary/aromatic N) is 2. The maximum atomic E-state index is 10.8. The summed E-state index contributed by atoms with van der Waals surface area (Å²) in [5.41, 5.74) is -0.410. The van der Waals surface area contributed by atoms with E-state index in [9.17, 15) is 4.79 Å². The summed E-state index contributed by atoms with van der Waals surface area (Å²) in [6, 6.07) is 0. The average molecular weight is 174 g/mol. The van der Waals surface area contributed by atoms with Gasteiger partial charge in [-0.25, -0.2) is 4.79 Å². The summed E-state index contributed by atoms with van der Waals surface area (Å²) >= 11 is 0. The smallest absolute Gasteiger partial charge is 0.362 e. The van der Waals surface area contributed by atoms with Crippen LogP contribution in [0.5, 0.6) is 0 Å². The van der Waals surface area contributed by atoms with Crippen LogP contribution in [-0.2, 0) is 9.53 Å². The monoisotopic (exact) mass is 174 g/mol. The van der Waals surface area contributed by atoms with Crippen molar-refractivity contribution >= 4 is 17.4 Å². The highest BCUT2D eigenvalue weighted by Gasteiger charge is 2.18. The van der Waals surface area contributed by atoms with Gasteiger partial charge in [-0.2, -0.15) is 0 Å². The zero-order valence-electron chi connectivity index (χ0n) is 6.81. The van der Waals surface area contributed by atoms with Crippen LogP contribution in [0.1, 0.15) is 13.3 Å². The molecule has 0 aliphatic heterocycles. The summed E-state index contributed by atoms with van der Waals surface area (Å²) in [5, 5.41) is 22.1. The molecule has 0 radical (unpaired) electrons. The van der Waals surface area contributed by atoms with Crippen molar-refractivity contribution in [1.82, 2.24) is 0 Å². The molecule has 0 spiro atoms. The fourth-order valence-corrected chi connectivity index (χ4v) is 0.599. The van der Waals surface area contributed by atoms with E-state index in [2.05, 4.69) is 15.0 Å². The van der Waals surface area contributed by atoms with Gasteiger partial charge in [0.05, 0.1) is 7.11 Å². The number of ether oxygens (including phenoxy) is 1. The Bertz CT molecular complexity index is 222. The number of hydrogen-bond acceptors (Lipinski definition) is 6. The Morgan fingerprint density at radius 3 is 2.25 bits per heavy atom. The van der Waals surface area contributed by atoms with Crippen LogP contribution in [0.2, 0.25) is 0 Å². The normalized spacial score (nSPS) is 12.8. The lowest BCUT2D eigenvalue weighted by Crippen LogP contribution is -2.25. The second-order valence-electron chi connectivity index (χ2n) is 1.84. The topological polar surface area (TPSA) is 91.5 Å². The highest BCUT2D eigenvalue weighted by Crippen LogP contribution is 1.92. The van der Waals surface area contributed by atoms with Crippen LogP contribution >= 0.6 is 0 Å². The van der Waals surface area contributed by atoms with Gasteiger partial charge in [0.25, 0.3) is 0 Å². The maximum Gasteiger partial charge on any atom is 0.362 e. The molecule has 0 aromatic heterocycles. The van der Waals surface area contributed by atoms with Gasteiger partial charge in [0.1, 0.15) is 5.71 Å². The molecule has 0 saturated carbocycles. The first kappa shape index (κ1) is 10.4. The van der Waals surface area contributed by atoms with Crippen LogP contribution in [0.4, 0.5) is 0 Å². The van der Waals surface area contributed by atoms with Crippen molar-refractivity contribution in [2.75, 3.05) is 7.11 Å². The second kappa shape index (κ2) is 5.11. The summed E-state index contributed by atoms with van der Waals surface area (Å²) in [4.78, 5) is 10.8. The van der Waals surface area contributed by atoms with Crippen LogP contribution < -0.4 is 0 Å². The molecule has 0 aromatic rings. The van der Waals surface area contributed by atoms with Crippen molar-refractivity contribution in [3.8, 4) is 0 Å². The lowest BCUT2D eigenvalue weighted by Gasteiger charge is -2.00. The molecule has 6 nitrogen and oxygen atoms in total. The molecule has 0 bridgehead atoms. The minimum absolute atomic E-state index is 0.0237. The molecule has 0 unspecified atom stereocenters. The first-order chi connectivity index (χ1) is 5.71. The summed E-state index contributed by atoms with van der Waals surface area (Å²) in [6.45, 7) is 1.64. The summed E-state index contributed by atoms with van der Waals surface area (Å²) in [6.07, 6.45) is 0.269. The molecule has 0 atom stereocenters. The molecule has 0 amide bonds. The van der Waals surface area contributed by atoms with Crippen LogP contribution in [-0.4, -0.2) is 34.9 Å². The van der Waals surface area contributed by atoms with Gasteiger partial charge in [0.15, 0.2) is 0 Å². The minimum atomic E-state index is -0.841. The SMILES string of the molecule is CCC(=N\O)/C(=N/O)C(=O)OC. The van der Waals surface area contributed by atoms with Crippen molar-refractivity contribution in [1.29, 1.82) is 0 Å². The van der Waals surface area contributed by atoms with Crippen molar-refractivity contribution in [2.45, 2.75) is 13.3 Å². The van der Waals surface area contributed by atoms with Crippen LogP contribution in [0, 0.1) is 0 Å². The highest BCUT2D eigenvalue weighted by molar-refractivity contribution is 6.65. The molecule has 68 valence electrons. The molecule has 0 fully saturated rings. The Morgan fingerprint density at radius 2 is 2.00 bits per heavy atom. The third-order valence-electron chi connectivity index (χ3n) is 1.21. The Hall–Kier alpha value is -1.59. The molecule has 6 heteroatoms. The van der Waals surface area contributed by atoms with E-state index in [1.54, 1.807) is 6.92 Å². The van der Waals surface area contributed by atoms with Gasteiger partial charge in [0.2, 0.25) is 5.71 Å². The standard InChI is InChI=1S/C6H10N2O4/c1-3-4(7-10)5(8-11)6(9)12-2/h10-11H,3H2,1-2H3/b7-4+,8-5-. The van der Waals surface area contributed by atoms with E-state index >= 15 is 0 Å². The molecular weight excluding hydrogens is 164 g/mol. The third-order valence-corrected chi connectivity index (χ3v) is 1.21. The van der Waals surface area contributed by atoms with Gasteiger partial charge >= 0.3 is 5.97 Å². The highest BCUT2D eigenvalue weighted by atomic mass is 16.5. The molecule has 12 heavy (non-hydrogen) atoms. The van der Waals surface area contributed by atoms with E-state index in [1.165, 1.54) is 0 Å². The molecule has 0 rings (SSSR count). The fraction of sp³-hybridized carbons (Fsp3) is 0.500. The zero-order chi connectivity index (χ0) is 9.56. The van der Waals surface area contributed by atoms with E-state index < -0.39 is 5.97 Å². The number of esters is 1. The number of rotatable bonds is 3. The summed E-state index contributed by atoms with van der Waals surface area (Å²) in [5.74, 6) is -0.841. The Balaban J connectivity index is 4.68. The second-order valence-corrected chi connectivity index (χ2v) is 1.84. The zero-order valence-corrected chi connectivity index (χ0v) is 6.81. The number of carbonyl (C=O) groups is 1. The van der Waals surface area contributed by atoms with Gasteiger partial charge in [-0.1, -0.05) is 17.2 Å². The number of oxime groups is 2. The number of methoxy groups -OCH3 is 1. The lowest BCUT2D eigenvalue weighted by molar-refractivity contribution is -0.132. The predicted molar refractivity (Wildman–Crippen MR) is 40.8 cm³/mol. The van der Waals surface area contributed by atoms with Gasteiger partial charge in [-0.05, 0) is 6.42 Å². The summed E-state index contributed by atoms with van der Waals surface area (Å²) in [7, 11) is 1.14. The quantitative estimate of drug-likeness (QED) is 0.277. The third kappa shape index (κ3) is 2.22. The van der Waals surface area contributed by atoms with Crippen molar-refractivity contribution in [3.63, 3.8) is 0 Å². The van der Waals surface area contributed by atoms with Gasteiger partial charge in [-0.3, -0.25) is 0 Å². The van der Waals surface area contributed by atoms with Gasteiger partial charge in [0, 0.05) is 0 Å². The van der Waals surface area contributed by atoms with Crippen molar-refractivity contribution < 1.29 is 19.9 Å². The molecule has 0 aliphatic carbocycles. The number of hydrogen-bond donors (Lipinski definition) is 2. The maximum absolute atomic E-state index is 10.8. The fourth-order valence-electron chi connectivity index (χ4n) is 0.599. The molecule has 2 N–H and O–H groups in total. The Kier molecular flexibility index (Phi) is 4.43. The molecule has 0 heterocycles. The van der Waals surface area contributed by atoms with Crippen molar-refractivity contribution in [2.24, 2.45) is 10.3 Å². The first-order valence-corrected chi connectivity index (χ1v) is 3.22. The van der Waals surface area contributed by atoms with Gasteiger partial charge in [-0.15, -0.1) is 0 Å². The van der Waals surface area contributed by atoms with Crippen LogP contribution in [0.25, 0.3) is 0 Å². The first-order valence-electron chi connectivity index (χ1n) is 3.22. The molecule has 0 aliphatic rings. The largest absolute Gasteiger partial charge is 0.464 e. The predicted octanol–water partition coefficient (Wildman–Crippen LogP) is 0.230. The number of carbonyl (C=O) groups excluding carboxylic acids is 1. The van der Waals surface area contributed by atoms with Gasteiger partial charge < -0.3 is 15.2 Å². The molecule has 0 saturated heterocycles.